The van der Waals surface area contributed by atoms with Gasteiger partial charge in [-0.05, 0) is 36.8 Å². The zero-order chi connectivity index (χ0) is 15.9. The van der Waals surface area contributed by atoms with Crippen LogP contribution in [-0.2, 0) is 4.74 Å². The molecule has 1 aromatic rings. The summed E-state index contributed by atoms with van der Waals surface area (Å²) in [7, 11) is 1.86. The second-order valence-corrected chi connectivity index (χ2v) is 6.21. The molecule has 1 aromatic carbocycles. The molecule has 1 atom stereocenters. The zero-order valence-electron chi connectivity index (χ0n) is 14.4. The van der Waals surface area contributed by atoms with Crippen LogP contribution >= 0.6 is 24.0 Å². The van der Waals surface area contributed by atoms with Crippen molar-refractivity contribution in [1.29, 1.82) is 0 Å². The molecule has 0 spiro atoms. The van der Waals surface area contributed by atoms with Crippen LogP contribution in [0.5, 0.6) is 0 Å². The van der Waals surface area contributed by atoms with E-state index in [4.69, 9.17) is 4.74 Å². The molecule has 0 saturated carbocycles. The molecule has 3 rings (SSSR count). The molecule has 0 bridgehead atoms. The van der Waals surface area contributed by atoms with Crippen LogP contribution in [0, 0.1) is 0 Å². The Kier molecular flexibility index (Phi) is 8.05. The van der Waals surface area contributed by atoms with E-state index in [1.165, 1.54) is 24.0 Å². The largest absolute Gasteiger partial charge is 0.376 e. The molecule has 2 heterocycles. The van der Waals surface area contributed by atoms with Gasteiger partial charge in [0, 0.05) is 33.3 Å². The quantitative estimate of drug-likeness (QED) is 0.443. The van der Waals surface area contributed by atoms with Crippen molar-refractivity contribution in [3.05, 3.63) is 42.0 Å². The first-order chi connectivity index (χ1) is 11.4. The third kappa shape index (κ3) is 5.21. The van der Waals surface area contributed by atoms with Crippen LogP contribution < -0.4 is 5.32 Å². The topological polar surface area (TPSA) is 36.9 Å². The van der Waals surface area contributed by atoms with Crippen LogP contribution in [0.1, 0.15) is 31.2 Å². The molecule has 0 aromatic heterocycles. The van der Waals surface area contributed by atoms with Gasteiger partial charge < -0.3 is 15.0 Å². The van der Waals surface area contributed by atoms with Gasteiger partial charge in [-0.3, -0.25) is 4.99 Å². The van der Waals surface area contributed by atoms with Crippen LogP contribution in [0.2, 0.25) is 0 Å². The van der Waals surface area contributed by atoms with E-state index < -0.39 is 0 Å². The van der Waals surface area contributed by atoms with Crippen molar-refractivity contribution in [3.8, 4) is 0 Å². The Balaban J connectivity index is 0.00000208. The fraction of sp³-hybridized carbons (Fsp3) is 0.526. The van der Waals surface area contributed by atoms with Crippen molar-refractivity contribution in [1.82, 2.24) is 10.2 Å². The van der Waals surface area contributed by atoms with Gasteiger partial charge in [0.2, 0.25) is 0 Å². The van der Waals surface area contributed by atoms with Gasteiger partial charge in [-0.2, -0.15) is 0 Å². The predicted molar refractivity (Wildman–Crippen MR) is 111 cm³/mol. The van der Waals surface area contributed by atoms with Gasteiger partial charge in [-0.15, -0.1) is 24.0 Å². The van der Waals surface area contributed by atoms with Gasteiger partial charge in [-0.25, -0.2) is 0 Å². The Hall–Kier alpha value is -1.08. The highest BCUT2D eigenvalue weighted by Gasteiger charge is 2.18. The maximum absolute atomic E-state index is 5.79. The number of benzene rings is 1. The molecule has 1 unspecified atom stereocenters. The lowest BCUT2D eigenvalue weighted by atomic mass is 10.00. The first kappa shape index (κ1) is 19.2. The molecule has 1 fully saturated rings. The summed E-state index contributed by atoms with van der Waals surface area (Å²) in [5.41, 5.74) is 2.78. The van der Waals surface area contributed by atoms with Crippen LogP contribution in [0.15, 0.2) is 41.4 Å². The molecule has 1 N–H and O–H groups in total. The molecular formula is C19H28IN3O. The molecule has 2 aliphatic rings. The molecule has 24 heavy (non-hydrogen) atoms. The predicted octanol–water partition coefficient (Wildman–Crippen LogP) is 3.54. The third-order valence-electron chi connectivity index (χ3n) is 4.63. The van der Waals surface area contributed by atoms with E-state index in [1.807, 2.05) is 7.05 Å². The highest BCUT2D eigenvalue weighted by Crippen LogP contribution is 2.22. The molecule has 0 aliphatic carbocycles. The van der Waals surface area contributed by atoms with Crippen molar-refractivity contribution >= 4 is 35.5 Å². The van der Waals surface area contributed by atoms with E-state index in [0.29, 0.717) is 6.10 Å². The second-order valence-electron chi connectivity index (χ2n) is 6.21. The number of rotatable bonds is 3. The van der Waals surface area contributed by atoms with Gasteiger partial charge in [0.1, 0.15) is 0 Å². The number of aliphatic imine (C=N–C) groups is 1. The number of ether oxygens (including phenoxy) is 1. The first-order valence-corrected chi connectivity index (χ1v) is 8.68. The summed E-state index contributed by atoms with van der Waals surface area (Å²) in [5, 5.41) is 3.49. The third-order valence-corrected chi connectivity index (χ3v) is 4.63. The summed E-state index contributed by atoms with van der Waals surface area (Å²) in [6, 6.07) is 10.7. The highest BCUT2D eigenvalue weighted by molar-refractivity contribution is 14.0. The van der Waals surface area contributed by atoms with E-state index in [1.54, 1.807) is 0 Å². The van der Waals surface area contributed by atoms with Crippen LogP contribution in [-0.4, -0.2) is 50.3 Å². The van der Waals surface area contributed by atoms with Gasteiger partial charge >= 0.3 is 0 Å². The van der Waals surface area contributed by atoms with E-state index in [9.17, 15) is 0 Å². The monoisotopic (exact) mass is 441 g/mol. The van der Waals surface area contributed by atoms with Crippen LogP contribution in [0.4, 0.5) is 0 Å². The van der Waals surface area contributed by atoms with E-state index >= 15 is 0 Å². The molecule has 0 amide bonds. The average Bonchev–Trinajstić information content (AvgIpc) is 2.64. The molecule has 2 aliphatic heterocycles. The SMILES string of the molecule is CN=C(NCC1CCCCO1)N1CC=C(c2ccccc2)CC1.I. The number of nitrogens with zero attached hydrogens (tertiary/aromatic N) is 2. The average molecular weight is 441 g/mol. The van der Waals surface area contributed by atoms with Gasteiger partial charge in [0.25, 0.3) is 0 Å². The normalized spacial score (nSPS) is 21.7. The Morgan fingerprint density at radius 2 is 2.12 bits per heavy atom. The summed E-state index contributed by atoms with van der Waals surface area (Å²) in [6.07, 6.45) is 7.35. The fourth-order valence-corrected chi connectivity index (χ4v) is 3.28. The van der Waals surface area contributed by atoms with Crippen LogP contribution in [0.3, 0.4) is 0 Å². The number of hydrogen-bond acceptors (Lipinski definition) is 2. The molecule has 132 valence electrons. The van der Waals surface area contributed by atoms with Gasteiger partial charge in [0.15, 0.2) is 5.96 Å². The molecule has 5 heteroatoms. The molecule has 4 nitrogen and oxygen atoms in total. The lowest BCUT2D eigenvalue weighted by Gasteiger charge is -2.31. The Labute approximate surface area is 162 Å². The lowest BCUT2D eigenvalue weighted by molar-refractivity contribution is 0.0191. The standard InChI is InChI=1S/C19H27N3O.HI/c1-20-19(21-15-18-9-5-6-14-23-18)22-12-10-17(11-13-22)16-7-3-2-4-8-16;/h2-4,7-8,10,18H,5-6,9,11-15H2,1H3,(H,20,21);1H. The summed E-state index contributed by atoms with van der Waals surface area (Å²) >= 11 is 0. The Bertz CT molecular complexity index is 553. The van der Waals surface area contributed by atoms with E-state index in [2.05, 4.69) is 51.6 Å². The van der Waals surface area contributed by atoms with Crippen molar-refractivity contribution in [3.63, 3.8) is 0 Å². The van der Waals surface area contributed by atoms with Crippen molar-refractivity contribution in [2.75, 3.05) is 33.3 Å². The number of nitrogens with one attached hydrogen (secondary N) is 1. The minimum Gasteiger partial charge on any atom is -0.376 e. The number of hydrogen-bond donors (Lipinski definition) is 1. The maximum atomic E-state index is 5.79. The Morgan fingerprint density at radius 3 is 2.75 bits per heavy atom. The van der Waals surface area contributed by atoms with Crippen LogP contribution in [0.25, 0.3) is 5.57 Å². The lowest BCUT2D eigenvalue weighted by Crippen LogP contribution is -2.46. The summed E-state index contributed by atoms with van der Waals surface area (Å²) < 4.78 is 5.79. The summed E-state index contributed by atoms with van der Waals surface area (Å²) in [6.45, 7) is 3.68. The van der Waals surface area contributed by atoms with Crippen molar-refractivity contribution in [2.24, 2.45) is 4.99 Å². The highest BCUT2D eigenvalue weighted by atomic mass is 127. The molecule has 0 radical (unpaired) electrons. The Morgan fingerprint density at radius 1 is 1.29 bits per heavy atom. The second kappa shape index (κ2) is 10.0. The van der Waals surface area contributed by atoms with Crippen molar-refractivity contribution in [2.45, 2.75) is 31.8 Å². The molecular weight excluding hydrogens is 413 g/mol. The summed E-state index contributed by atoms with van der Waals surface area (Å²) in [4.78, 5) is 6.76. The fourth-order valence-electron chi connectivity index (χ4n) is 3.28. The van der Waals surface area contributed by atoms with Gasteiger partial charge in [0.05, 0.1) is 6.10 Å². The minimum absolute atomic E-state index is 0. The smallest absolute Gasteiger partial charge is 0.194 e. The first-order valence-electron chi connectivity index (χ1n) is 8.68. The van der Waals surface area contributed by atoms with E-state index in [0.717, 1.165) is 45.0 Å². The number of guanidine groups is 1. The zero-order valence-corrected chi connectivity index (χ0v) is 16.7. The van der Waals surface area contributed by atoms with E-state index in [-0.39, 0.29) is 24.0 Å². The number of halogens is 1. The van der Waals surface area contributed by atoms with Gasteiger partial charge in [-0.1, -0.05) is 36.4 Å². The molecule has 1 saturated heterocycles. The minimum atomic E-state index is 0. The summed E-state index contributed by atoms with van der Waals surface area (Å²) in [5.74, 6) is 0.988. The maximum Gasteiger partial charge on any atom is 0.194 e. The van der Waals surface area contributed by atoms with Crippen molar-refractivity contribution < 1.29 is 4.74 Å².